The molecule has 5 rings (SSSR count). The minimum atomic E-state index is 0. The van der Waals surface area contributed by atoms with Crippen LogP contribution in [0.4, 0.5) is 0 Å². The molecule has 4 aromatic rings. The molecule has 1 fully saturated rings. The first-order valence-corrected chi connectivity index (χ1v) is 11.7. The molecule has 2 heterocycles. The molecule has 3 nitrogen and oxygen atoms in total. The molecule has 1 saturated heterocycles. The van der Waals surface area contributed by atoms with Crippen molar-refractivity contribution in [1.29, 1.82) is 0 Å². The number of halogens is 3. The van der Waals surface area contributed by atoms with Crippen LogP contribution in [-0.2, 0) is 18.5 Å². The van der Waals surface area contributed by atoms with Gasteiger partial charge in [-0.3, -0.25) is 9.58 Å². The van der Waals surface area contributed by atoms with Gasteiger partial charge in [-0.2, -0.15) is 5.10 Å². The standard InChI is InChI=1S/C28H28ClN3.2ClH/c29-26-13-11-23(12-14-26)21-32-18-15-27(30-32)22-31-19-16-28(17-20-31,24-7-3-1-4-8-24)25-9-5-2-6-10-25;;/h1-15,18H,16-17,19-22H2;2*1H. The minimum Gasteiger partial charge on any atom is -0.297 e. The smallest absolute Gasteiger partial charge is 0.0764 e. The molecule has 0 radical (unpaired) electrons. The predicted molar refractivity (Wildman–Crippen MR) is 145 cm³/mol. The molecule has 0 atom stereocenters. The van der Waals surface area contributed by atoms with E-state index in [4.69, 9.17) is 16.7 Å². The fraction of sp³-hybridized carbons (Fsp3) is 0.250. The minimum absolute atomic E-state index is 0. The molecule has 0 bridgehead atoms. The molecule has 0 N–H and O–H groups in total. The lowest BCUT2D eigenvalue weighted by atomic mass is 9.68. The monoisotopic (exact) mass is 513 g/mol. The number of benzene rings is 3. The Bertz CT molecular complexity index is 1100. The maximum absolute atomic E-state index is 6.00. The van der Waals surface area contributed by atoms with E-state index in [1.165, 1.54) is 16.7 Å². The van der Waals surface area contributed by atoms with Crippen molar-refractivity contribution < 1.29 is 0 Å². The Morgan fingerprint density at radius 2 is 1.26 bits per heavy atom. The van der Waals surface area contributed by atoms with Gasteiger partial charge in [-0.15, -0.1) is 24.8 Å². The number of piperidine rings is 1. The Hall–Kier alpha value is -2.30. The molecule has 1 aliphatic heterocycles. The second-order valence-corrected chi connectivity index (χ2v) is 9.16. The van der Waals surface area contributed by atoms with Gasteiger partial charge in [0.2, 0.25) is 0 Å². The molecule has 6 heteroatoms. The maximum atomic E-state index is 6.00. The number of hydrogen-bond donors (Lipinski definition) is 0. The fourth-order valence-corrected chi connectivity index (χ4v) is 5.06. The largest absolute Gasteiger partial charge is 0.297 e. The van der Waals surface area contributed by atoms with Crippen molar-refractivity contribution in [3.8, 4) is 0 Å². The van der Waals surface area contributed by atoms with Crippen LogP contribution >= 0.6 is 36.4 Å². The zero-order chi connectivity index (χ0) is 21.8. The topological polar surface area (TPSA) is 21.1 Å². The van der Waals surface area contributed by atoms with Gasteiger partial charge < -0.3 is 0 Å². The highest BCUT2D eigenvalue weighted by Gasteiger charge is 2.37. The molecule has 0 unspecified atom stereocenters. The molecule has 1 aliphatic rings. The summed E-state index contributed by atoms with van der Waals surface area (Å²) >= 11 is 6.00. The van der Waals surface area contributed by atoms with Crippen LogP contribution in [0.25, 0.3) is 0 Å². The van der Waals surface area contributed by atoms with Gasteiger partial charge in [0.05, 0.1) is 12.2 Å². The van der Waals surface area contributed by atoms with E-state index in [0.29, 0.717) is 0 Å². The van der Waals surface area contributed by atoms with Crippen molar-refractivity contribution in [1.82, 2.24) is 14.7 Å². The highest BCUT2D eigenvalue weighted by molar-refractivity contribution is 6.30. The Labute approximate surface area is 219 Å². The first-order valence-electron chi connectivity index (χ1n) is 11.3. The Morgan fingerprint density at radius 3 is 1.82 bits per heavy atom. The molecule has 0 amide bonds. The third-order valence-corrected chi connectivity index (χ3v) is 6.95. The molecular weight excluding hydrogens is 485 g/mol. The molecule has 178 valence electrons. The van der Waals surface area contributed by atoms with E-state index >= 15 is 0 Å². The van der Waals surface area contributed by atoms with Gasteiger partial charge in [-0.25, -0.2) is 0 Å². The summed E-state index contributed by atoms with van der Waals surface area (Å²) in [6.45, 7) is 3.79. The lowest BCUT2D eigenvalue weighted by Gasteiger charge is -2.42. The lowest BCUT2D eigenvalue weighted by Crippen LogP contribution is -2.43. The van der Waals surface area contributed by atoms with E-state index < -0.39 is 0 Å². The van der Waals surface area contributed by atoms with Gasteiger partial charge in [0.25, 0.3) is 0 Å². The summed E-state index contributed by atoms with van der Waals surface area (Å²) in [7, 11) is 0. The van der Waals surface area contributed by atoms with Crippen LogP contribution in [0, 0.1) is 0 Å². The summed E-state index contributed by atoms with van der Waals surface area (Å²) in [5.74, 6) is 0. The summed E-state index contributed by atoms with van der Waals surface area (Å²) in [5, 5.41) is 5.58. The van der Waals surface area contributed by atoms with Gasteiger partial charge in [-0.05, 0) is 60.8 Å². The third-order valence-electron chi connectivity index (χ3n) is 6.70. The number of aromatic nitrogens is 2. The summed E-state index contributed by atoms with van der Waals surface area (Å²) in [6, 6.07) is 32.2. The average molecular weight is 515 g/mol. The van der Waals surface area contributed by atoms with Gasteiger partial charge in [0.15, 0.2) is 0 Å². The van der Waals surface area contributed by atoms with E-state index in [1.807, 2.05) is 16.8 Å². The Morgan fingerprint density at radius 1 is 0.706 bits per heavy atom. The second kappa shape index (κ2) is 11.9. The number of rotatable bonds is 6. The summed E-state index contributed by atoms with van der Waals surface area (Å²) in [5.41, 5.74) is 5.28. The SMILES string of the molecule is Cl.Cl.Clc1ccc(Cn2ccc(CN3CCC(c4ccccc4)(c4ccccc4)CC3)n2)cc1. The van der Waals surface area contributed by atoms with Gasteiger partial charge in [-0.1, -0.05) is 84.4 Å². The van der Waals surface area contributed by atoms with Gasteiger partial charge >= 0.3 is 0 Å². The van der Waals surface area contributed by atoms with E-state index in [0.717, 1.165) is 49.7 Å². The van der Waals surface area contributed by atoms with Crippen LogP contribution < -0.4 is 0 Å². The van der Waals surface area contributed by atoms with Crippen molar-refractivity contribution in [3.63, 3.8) is 0 Å². The van der Waals surface area contributed by atoms with Gasteiger partial charge in [0, 0.05) is 23.2 Å². The lowest BCUT2D eigenvalue weighted by molar-refractivity contribution is 0.170. The Balaban J connectivity index is 0.00000162. The molecule has 0 aliphatic carbocycles. The summed E-state index contributed by atoms with van der Waals surface area (Å²) in [4.78, 5) is 2.54. The van der Waals surface area contributed by atoms with E-state index in [1.54, 1.807) is 0 Å². The van der Waals surface area contributed by atoms with Crippen molar-refractivity contribution in [3.05, 3.63) is 125 Å². The second-order valence-electron chi connectivity index (χ2n) is 8.72. The molecule has 34 heavy (non-hydrogen) atoms. The molecular formula is C28H30Cl3N3. The van der Waals surface area contributed by atoms with E-state index in [-0.39, 0.29) is 30.2 Å². The zero-order valence-electron chi connectivity index (χ0n) is 19.0. The highest BCUT2D eigenvalue weighted by Crippen LogP contribution is 2.41. The van der Waals surface area contributed by atoms with Crippen molar-refractivity contribution >= 4 is 36.4 Å². The molecule has 0 saturated carbocycles. The fourth-order valence-electron chi connectivity index (χ4n) is 4.93. The first kappa shape index (κ1) is 26.3. The number of nitrogens with zero attached hydrogens (tertiary/aromatic N) is 3. The highest BCUT2D eigenvalue weighted by atomic mass is 35.5. The van der Waals surface area contributed by atoms with Crippen LogP contribution in [0.2, 0.25) is 5.02 Å². The third kappa shape index (κ3) is 5.84. The van der Waals surface area contributed by atoms with Crippen LogP contribution in [0.3, 0.4) is 0 Å². The van der Waals surface area contributed by atoms with Crippen LogP contribution in [0.5, 0.6) is 0 Å². The van der Waals surface area contributed by atoms with Crippen molar-refractivity contribution in [2.24, 2.45) is 0 Å². The molecule has 3 aromatic carbocycles. The first-order chi connectivity index (χ1) is 15.7. The maximum Gasteiger partial charge on any atom is 0.0764 e. The van der Waals surface area contributed by atoms with Crippen LogP contribution in [0.1, 0.15) is 35.2 Å². The summed E-state index contributed by atoms with van der Waals surface area (Å²) in [6.07, 6.45) is 4.31. The number of hydrogen-bond acceptors (Lipinski definition) is 2. The van der Waals surface area contributed by atoms with Crippen molar-refractivity contribution in [2.45, 2.75) is 31.3 Å². The Kier molecular flexibility index (Phi) is 9.21. The van der Waals surface area contributed by atoms with Gasteiger partial charge in [0.1, 0.15) is 0 Å². The average Bonchev–Trinajstić information content (AvgIpc) is 3.29. The van der Waals surface area contributed by atoms with E-state index in [9.17, 15) is 0 Å². The number of likely N-dealkylation sites (tertiary alicyclic amines) is 1. The normalized spacial score (nSPS) is 15.2. The molecule has 0 spiro atoms. The quantitative estimate of drug-likeness (QED) is 0.276. The molecule has 1 aromatic heterocycles. The zero-order valence-corrected chi connectivity index (χ0v) is 21.4. The van der Waals surface area contributed by atoms with E-state index in [2.05, 4.69) is 90.0 Å². The van der Waals surface area contributed by atoms with Crippen molar-refractivity contribution in [2.75, 3.05) is 13.1 Å². The summed E-state index contributed by atoms with van der Waals surface area (Å²) < 4.78 is 2.01. The van der Waals surface area contributed by atoms with Crippen LogP contribution in [-0.4, -0.2) is 27.8 Å². The predicted octanol–water partition coefficient (Wildman–Crippen LogP) is 7.01. The van der Waals surface area contributed by atoms with Crippen LogP contribution in [0.15, 0.2) is 97.2 Å².